The Balaban J connectivity index is 2.19. The molecule has 0 aliphatic carbocycles. The number of hydrogen-bond donors (Lipinski definition) is 1. The van der Waals surface area contributed by atoms with Crippen molar-refractivity contribution >= 4 is 33.6 Å². The molecule has 27 heavy (non-hydrogen) atoms. The number of methoxy groups -OCH3 is 2. The van der Waals surface area contributed by atoms with E-state index in [0.29, 0.717) is 5.69 Å². The maximum Gasteiger partial charge on any atom is 0.354 e. The Morgan fingerprint density at radius 3 is 2.26 bits per heavy atom. The normalized spacial score (nSPS) is 11.4. The molecular formula is C16H15N4O6S-. The lowest BCUT2D eigenvalue weighted by molar-refractivity contribution is -0.138. The first-order valence-electron chi connectivity index (χ1n) is 7.36. The fraction of sp³-hybridized carbons (Fsp3) is 0.125. The van der Waals surface area contributed by atoms with Crippen molar-refractivity contribution in [3.63, 3.8) is 0 Å². The zero-order chi connectivity index (χ0) is 19.9. The van der Waals surface area contributed by atoms with E-state index in [-0.39, 0.29) is 16.5 Å². The fourth-order valence-corrected chi connectivity index (χ4v) is 2.69. The Hall–Kier alpha value is -3.47. The van der Waals surface area contributed by atoms with Gasteiger partial charge >= 0.3 is 11.9 Å². The summed E-state index contributed by atoms with van der Waals surface area (Å²) in [4.78, 5) is 30.4. The molecule has 2 rings (SSSR count). The Morgan fingerprint density at radius 2 is 1.70 bits per heavy atom. The van der Waals surface area contributed by atoms with E-state index < -0.39 is 22.0 Å². The molecule has 0 saturated heterocycles. The van der Waals surface area contributed by atoms with Crippen molar-refractivity contribution in [3.8, 4) is 0 Å². The molecule has 0 fully saturated rings. The van der Waals surface area contributed by atoms with Crippen LogP contribution >= 0.6 is 0 Å². The third-order valence-electron chi connectivity index (χ3n) is 3.05. The minimum Gasteiger partial charge on any atom is -0.466 e. The van der Waals surface area contributed by atoms with Crippen LogP contribution in [0.3, 0.4) is 0 Å². The zero-order valence-corrected chi connectivity index (χ0v) is 15.1. The number of ether oxygens (including phenoxy) is 2. The summed E-state index contributed by atoms with van der Waals surface area (Å²) in [5.74, 6) is -1.74. The Bertz CT molecular complexity index is 943. The largest absolute Gasteiger partial charge is 0.466 e. The van der Waals surface area contributed by atoms with Crippen LogP contribution in [-0.2, 0) is 29.1 Å². The van der Waals surface area contributed by atoms with Crippen molar-refractivity contribution < 1.29 is 27.5 Å². The number of anilines is 1. The molecule has 0 bridgehead atoms. The number of carbonyl (C=O) groups excluding carboxylic acids is 2. The lowest BCUT2D eigenvalue weighted by Crippen LogP contribution is -2.15. The number of carbonyl (C=O) groups is 2. The lowest BCUT2D eigenvalue weighted by Gasteiger charge is -2.13. The van der Waals surface area contributed by atoms with Crippen molar-refractivity contribution in [2.24, 2.45) is 0 Å². The van der Waals surface area contributed by atoms with Gasteiger partial charge in [0.2, 0.25) is 10.0 Å². The molecule has 0 saturated carbocycles. The monoisotopic (exact) mass is 391 g/mol. The number of hydrogen-bond acceptors (Lipinski definition) is 9. The van der Waals surface area contributed by atoms with Gasteiger partial charge in [0.1, 0.15) is 5.70 Å². The molecule has 0 amide bonds. The van der Waals surface area contributed by atoms with Crippen LogP contribution < -0.4 is 5.32 Å². The van der Waals surface area contributed by atoms with Gasteiger partial charge in [0.25, 0.3) is 0 Å². The highest BCUT2D eigenvalue weighted by Gasteiger charge is 2.15. The first-order chi connectivity index (χ1) is 12.9. The molecule has 0 aliphatic rings. The third kappa shape index (κ3) is 5.51. The number of nitrogens with zero attached hydrogens (tertiary/aromatic N) is 3. The van der Waals surface area contributed by atoms with Crippen LogP contribution in [0, 0.1) is 0 Å². The fourth-order valence-electron chi connectivity index (χ4n) is 1.80. The van der Waals surface area contributed by atoms with Gasteiger partial charge in [0, 0.05) is 11.6 Å². The number of benzene rings is 1. The molecule has 1 N–H and O–H groups in total. The van der Waals surface area contributed by atoms with Crippen molar-refractivity contribution in [1.82, 2.24) is 9.97 Å². The van der Waals surface area contributed by atoms with E-state index in [0.717, 1.165) is 20.3 Å². The highest BCUT2D eigenvalue weighted by molar-refractivity contribution is 7.94. The summed E-state index contributed by atoms with van der Waals surface area (Å²) in [6, 6.07) is 6.87. The van der Waals surface area contributed by atoms with E-state index >= 15 is 0 Å². The molecule has 2 aromatic rings. The first-order valence-corrected chi connectivity index (χ1v) is 8.80. The minimum atomic E-state index is -4.01. The Morgan fingerprint density at radius 1 is 1.07 bits per heavy atom. The summed E-state index contributed by atoms with van der Waals surface area (Å²) in [5, 5.41) is 2.66. The quantitative estimate of drug-likeness (QED) is 0.549. The molecular weight excluding hydrogens is 376 g/mol. The van der Waals surface area contributed by atoms with Gasteiger partial charge in [-0.05, 0) is 36.7 Å². The number of rotatable bonds is 7. The molecule has 0 radical (unpaired) electrons. The maximum atomic E-state index is 12.3. The minimum absolute atomic E-state index is 0.0999. The number of sulfonamides is 1. The lowest BCUT2D eigenvalue weighted by atomic mass is 10.3. The smallest absolute Gasteiger partial charge is 0.354 e. The number of aromatic nitrogens is 2. The van der Waals surface area contributed by atoms with Crippen LogP contribution in [0.15, 0.2) is 59.4 Å². The Kier molecular flexibility index (Phi) is 6.44. The molecule has 1 heterocycles. The molecule has 1 aromatic carbocycles. The Labute approximate surface area is 155 Å². The van der Waals surface area contributed by atoms with Crippen LogP contribution in [0.4, 0.5) is 11.6 Å². The van der Waals surface area contributed by atoms with Crippen LogP contribution in [0.1, 0.15) is 0 Å². The molecule has 0 spiro atoms. The molecule has 10 nitrogen and oxygen atoms in total. The van der Waals surface area contributed by atoms with Crippen LogP contribution in [0.2, 0.25) is 0 Å². The summed E-state index contributed by atoms with van der Waals surface area (Å²) in [5.41, 5.74) is 0.160. The van der Waals surface area contributed by atoms with E-state index in [1.165, 1.54) is 42.7 Å². The predicted molar refractivity (Wildman–Crippen MR) is 94.4 cm³/mol. The van der Waals surface area contributed by atoms with Gasteiger partial charge in [-0.3, -0.25) is 4.72 Å². The van der Waals surface area contributed by atoms with Crippen LogP contribution in [0.25, 0.3) is 4.72 Å². The van der Waals surface area contributed by atoms with Gasteiger partial charge in [-0.25, -0.2) is 18.0 Å². The average Bonchev–Trinajstić information content (AvgIpc) is 2.67. The van der Waals surface area contributed by atoms with E-state index in [1.807, 2.05) is 0 Å². The highest BCUT2D eigenvalue weighted by atomic mass is 32.2. The van der Waals surface area contributed by atoms with E-state index in [9.17, 15) is 18.0 Å². The number of esters is 2. The van der Waals surface area contributed by atoms with Gasteiger partial charge in [0.05, 0.1) is 25.2 Å². The third-order valence-corrected chi connectivity index (χ3v) is 4.33. The van der Waals surface area contributed by atoms with E-state index in [1.54, 1.807) is 0 Å². The van der Waals surface area contributed by atoms with E-state index in [4.69, 9.17) is 0 Å². The molecule has 142 valence electrons. The average molecular weight is 391 g/mol. The molecule has 1 aromatic heterocycles. The summed E-state index contributed by atoms with van der Waals surface area (Å²) in [7, 11) is -1.70. The topological polar surface area (TPSA) is 139 Å². The second-order valence-electron chi connectivity index (χ2n) is 4.84. The second-order valence-corrected chi connectivity index (χ2v) is 6.44. The second kappa shape index (κ2) is 8.76. The summed E-state index contributed by atoms with van der Waals surface area (Å²) < 4.78 is 37.1. The highest BCUT2D eigenvalue weighted by Crippen LogP contribution is 2.25. The number of nitrogens with one attached hydrogen (secondary N) is 1. The van der Waals surface area contributed by atoms with E-state index in [2.05, 4.69) is 29.5 Å². The maximum absolute atomic E-state index is 12.3. The molecule has 0 unspecified atom stereocenters. The summed E-state index contributed by atoms with van der Waals surface area (Å²) in [6.45, 7) is 0. The molecule has 0 atom stereocenters. The van der Waals surface area contributed by atoms with Crippen molar-refractivity contribution in [2.75, 3.05) is 19.5 Å². The van der Waals surface area contributed by atoms with Crippen LogP contribution in [0.5, 0.6) is 0 Å². The SMILES string of the molecule is COC(=O)/C=C(/Nc1ccc(S(=O)(=O)[N-]c2ncccn2)cc1)C(=O)OC. The summed E-state index contributed by atoms with van der Waals surface area (Å²) in [6.07, 6.45) is 3.66. The van der Waals surface area contributed by atoms with Crippen molar-refractivity contribution in [2.45, 2.75) is 4.90 Å². The standard InChI is InChI=1S/C16H16N4O6S/c1-25-14(21)10-13(15(22)26-2)19-11-4-6-12(7-5-11)27(23,24)20-16-17-8-3-9-18-16/h3-10H,1-2H3,(H2,17,18,19,20,21)/p-1. The van der Waals surface area contributed by atoms with Gasteiger partial charge in [-0.2, -0.15) is 0 Å². The van der Waals surface area contributed by atoms with Gasteiger partial charge in [0.15, 0.2) is 0 Å². The van der Waals surface area contributed by atoms with Gasteiger partial charge in [-0.1, -0.05) is 6.07 Å². The molecule has 11 heteroatoms. The summed E-state index contributed by atoms with van der Waals surface area (Å²) >= 11 is 0. The molecule has 0 aliphatic heterocycles. The van der Waals surface area contributed by atoms with Gasteiger partial charge in [-0.15, -0.1) is 0 Å². The first kappa shape index (κ1) is 19.8. The van der Waals surface area contributed by atoms with Crippen molar-refractivity contribution in [3.05, 3.63) is 59.2 Å². The van der Waals surface area contributed by atoms with Crippen LogP contribution in [-0.4, -0.2) is 44.5 Å². The predicted octanol–water partition coefficient (Wildman–Crippen LogP) is 1.51. The van der Waals surface area contributed by atoms with Gasteiger partial charge < -0.3 is 24.8 Å². The van der Waals surface area contributed by atoms with Crippen molar-refractivity contribution in [1.29, 1.82) is 0 Å². The zero-order valence-electron chi connectivity index (χ0n) is 14.3.